The van der Waals surface area contributed by atoms with E-state index >= 15 is 0 Å². The highest BCUT2D eigenvalue weighted by Gasteiger charge is 2.36. The van der Waals surface area contributed by atoms with Crippen LogP contribution >= 0.6 is 12.8 Å². The third-order valence-corrected chi connectivity index (χ3v) is 3.87. The maximum absolute atomic E-state index is 12.3. The molecule has 0 aromatic heterocycles. The number of rotatable bonds is 2. The van der Waals surface area contributed by atoms with Crippen LogP contribution in [0.5, 0.6) is 0 Å². The summed E-state index contributed by atoms with van der Waals surface area (Å²) >= 11 is 4.40. The third-order valence-electron chi connectivity index (χ3n) is 3.43. The molecule has 0 aromatic rings. The summed E-state index contributed by atoms with van der Waals surface area (Å²) < 4.78 is 1.90. The Hall–Kier alpha value is -0.100. The van der Waals surface area contributed by atoms with Crippen LogP contribution in [0.1, 0.15) is 19.8 Å². The van der Waals surface area contributed by atoms with Crippen molar-refractivity contribution in [3.63, 3.8) is 0 Å². The molecule has 0 radical (unpaired) electrons. The van der Waals surface area contributed by atoms with Crippen molar-refractivity contribution >= 4 is 18.6 Å². The standard InChI is InChI=1S/C11H21N3OS/c1-8-5-10(14(16)7-8)11(15)9-6-12-3-2-4-13-9/h8-10,12-13,16H,2-7H2,1H3/t8?,9?,10-/m1/s1. The lowest BCUT2D eigenvalue weighted by molar-refractivity contribution is -0.123. The molecule has 16 heavy (non-hydrogen) atoms. The van der Waals surface area contributed by atoms with Crippen LogP contribution in [-0.4, -0.2) is 48.4 Å². The van der Waals surface area contributed by atoms with Gasteiger partial charge in [-0.05, 0) is 31.8 Å². The minimum Gasteiger partial charge on any atom is -0.315 e. The highest BCUT2D eigenvalue weighted by Crippen LogP contribution is 2.25. The van der Waals surface area contributed by atoms with Gasteiger partial charge < -0.3 is 10.6 Å². The van der Waals surface area contributed by atoms with E-state index in [1.54, 1.807) is 0 Å². The first-order chi connectivity index (χ1) is 7.68. The summed E-state index contributed by atoms with van der Waals surface area (Å²) in [5.41, 5.74) is 0. The molecule has 0 saturated carbocycles. The van der Waals surface area contributed by atoms with Crippen molar-refractivity contribution in [2.45, 2.75) is 31.8 Å². The number of carbonyl (C=O) groups is 1. The number of carbonyl (C=O) groups excluding carboxylic acids is 1. The Kier molecular flexibility index (Phi) is 4.24. The van der Waals surface area contributed by atoms with Gasteiger partial charge in [0.2, 0.25) is 0 Å². The predicted octanol–water partition coefficient (Wildman–Crippen LogP) is 0.0622. The van der Waals surface area contributed by atoms with E-state index in [1.165, 1.54) is 0 Å². The van der Waals surface area contributed by atoms with Gasteiger partial charge in [0.1, 0.15) is 0 Å². The van der Waals surface area contributed by atoms with Gasteiger partial charge in [-0.15, -0.1) is 0 Å². The average Bonchev–Trinajstić information content (AvgIpc) is 2.49. The van der Waals surface area contributed by atoms with E-state index in [4.69, 9.17) is 0 Å². The average molecular weight is 243 g/mol. The number of ketones is 1. The maximum atomic E-state index is 12.3. The molecule has 4 nitrogen and oxygen atoms in total. The minimum atomic E-state index is -0.0348. The van der Waals surface area contributed by atoms with Crippen molar-refractivity contribution in [1.82, 2.24) is 14.9 Å². The smallest absolute Gasteiger partial charge is 0.168 e. The Labute approximate surface area is 103 Å². The molecule has 2 heterocycles. The van der Waals surface area contributed by atoms with Gasteiger partial charge in [-0.3, -0.25) is 4.79 Å². The van der Waals surface area contributed by atoms with Crippen LogP contribution in [0.25, 0.3) is 0 Å². The van der Waals surface area contributed by atoms with Gasteiger partial charge in [0.15, 0.2) is 5.78 Å². The summed E-state index contributed by atoms with van der Waals surface area (Å²) in [6.45, 7) is 5.78. The van der Waals surface area contributed by atoms with E-state index in [1.807, 2.05) is 4.31 Å². The maximum Gasteiger partial charge on any atom is 0.168 e. The van der Waals surface area contributed by atoms with Crippen LogP contribution in [0.4, 0.5) is 0 Å². The third kappa shape index (κ3) is 2.77. The van der Waals surface area contributed by atoms with Gasteiger partial charge in [0, 0.05) is 13.1 Å². The molecular weight excluding hydrogens is 222 g/mol. The highest BCUT2D eigenvalue weighted by molar-refractivity contribution is 7.77. The fourth-order valence-electron chi connectivity index (χ4n) is 2.53. The van der Waals surface area contributed by atoms with E-state index in [2.05, 4.69) is 30.4 Å². The Morgan fingerprint density at radius 2 is 2.25 bits per heavy atom. The number of nitrogens with one attached hydrogen (secondary N) is 2. The fourth-order valence-corrected chi connectivity index (χ4v) is 3.02. The molecule has 2 saturated heterocycles. The predicted molar refractivity (Wildman–Crippen MR) is 67.5 cm³/mol. The number of hydrogen-bond donors (Lipinski definition) is 3. The Bertz CT molecular complexity index is 254. The first-order valence-corrected chi connectivity index (χ1v) is 6.52. The number of nitrogens with zero attached hydrogens (tertiary/aromatic N) is 1. The molecule has 0 aliphatic carbocycles. The molecule has 2 fully saturated rings. The molecule has 92 valence electrons. The van der Waals surface area contributed by atoms with Crippen molar-refractivity contribution < 1.29 is 4.79 Å². The van der Waals surface area contributed by atoms with Crippen LogP contribution in [0, 0.1) is 5.92 Å². The summed E-state index contributed by atoms with van der Waals surface area (Å²) in [7, 11) is 0. The van der Waals surface area contributed by atoms with Crippen molar-refractivity contribution in [2.75, 3.05) is 26.2 Å². The monoisotopic (exact) mass is 243 g/mol. The summed E-state index contributed by atoms with van der Waals surface area (Å²) in [6, 6.07) is -0.0387. The first kappa shape index (κ1) is 12.4. The van der Waals surface area contributed by atoms with Gasteiger partial charge in [-0.25, -0.2) is 4.31 Å². The molecule has 2 rings (SSSR count). The highest BCUT2D eigenvalue weighted by atomic mass is 32.1. The lowest BCUT2D eigenvalue weighted by atomic mass is 10.0. The molecular formula is C11H21N3OS. The molecule has 3 atom stereocenters. The van der Waals surface area contributed by atoms with Crippen molar-refractivity contribution in [1.29, 1.82) is 0 Å². The second-order valence-corrected chi connectivity index (χ2v) is 5.46. The van der Waals surface area contributed by atoms with E-state index < -0.39 is 0 Å². The van der Waals surface area contributed by atoms with Crippen LogP contribution in [-0.2, 0) is 4.79 Å². The quantitative estimate of drug-likeness (QED) is 0.600. The Balaban J connectivity index is 1.95. The zero-order valence-electron chi connectivity index (χ0n) is 9.78. The van der Waals surface area contributed by atoms with E-state index in [0.717, 1.165) is 39.0 Å². The van der Waals surface area contributed by atoms with Crippen molar-refractivity contribution in [3.8, 4) is 0 Å². The minimum absolute atomic E-state index is 0.00395. The molecule has 5 heteroatoms. The molecule has 2 unspecified atom stereocenters. The number of hydrogen-bond acceptors (Lipinski definition) is 5. The van der Waals surface area contributed by atoms with Gasteiger partial charge in [0.05, 0.1) is 12.1 Å². The van der Waals surface area contributed by atoms with Crippen LogP contribution < -0.4 is 10.6 Å². The van der Waals surface area contributed by atoms with Crippen molar-refractivity contribution in [3.05, 3.63) is 0 Å². The summed E-state index contributed by atoms with van der Waals surface area (Å²) in [5.74, 6) is 0.874. The van der Waals surface area contributed by atoms with E-state index in [9.17, 15) is 4.79 Å². The zero-order chi connectivity index (χ0) is 11.5. The fraction of sp³-hybridized carbons (Fsp3) is 0.909. The summed E-state index contributed by atoms with van der Waals surface area (Å²) in [5, 5.41) is 6.62. The molecule has 0 spiro atoms. The van der Waals surface area contributed by atoms with Crippen LogP contribution in [0.2, 0.25) is 0 Å². The van der Waals surface area contributed by atoms with Gasteiger partial charge in [0.25, 0.3) is 0 Å². The summed E-state index contributed by atoms with van der Waals surface area (Å²) in [4.78, 5) is 12.3. The molecule has 2 aliphatic heterocycles. The zero-order valence-corrected chi connectivity index (χ0v) is 10.7. The Morgan fingerprint density at radius 3 is 2.94 bits per heavy atom. The van der Waals surface area contributed by atoms with Crippen molar-refractivity contribution in [2.24, 2.45) is 5.92 Å². The lowest BCUT2D eigenvalue weighted by Crippen LogP contribution is -2.48. The van der Waals surface area contributed by atoms with Crippen LogP contribution in [0.3, 0.4) is 0 Å². The second kappa shape index (κ2) is 5.49. The van der Waals surface area contributed by atoms with E-state index in [-0.39, 0.29) is 12.1 Å². The second-order valence-electron chi connectivity index (χ2n) is 4.95. The van der Waals surface area contributed by atoms with Gasteiger partial charge in [-0.2, -0.15) is 0 Å². The van der Waals surface area contributed by atoms with E-state index in [0.29, 0.717) is 11.7 Å². The topological polar surface area (TPSA) is 44.4 Å². The lowest BCUT2D eigenvalue weighted by Gasteiger charge is -2.22. The Morgan fingerprint density at radius 1 is 1.44 bits per heavy atom. The molecule has 2 N–H and O–H groups in total. The SMILES string of the molecule is CC1C[C@H](C(=O)C2CNCCCN2)N(S)C1. The largest absolute Gasteiger partial charge is 0.315 e. The molecule has 0 aromatic carbocycles. The molecule has 0 bridgehead atoms. The van der Waals surface area contributed by atoms with Gasteiger partial charge >= 0.3 is 0 Å². The van der Waals surface area contributed by atoms with Crippen LogP contribution in [0.15, 0.2) is 0 Å². The van der Waals surface area contributed by atoms with Gasteiger partial charge in [-0.1, -0.05) is 19.7 Å². The molecule has 0 amide bonds. The number of thiol groups is 1. The first-order valence-electron chi connectivity index (χ1n) is 6.12. The normalized spacial score (nSPS) is 37.2. The summed E-state index contributed by atoms with van der Waals surface area (Å²) in [6.07, 6.45) is 2.04. The number of Topliss-reactive ketones (excluding diaryl/α,β-unsaturated/α-hetero) is 1. The molecule has 2 aliphatic rings.